The molecule has 2 aliphatic heterocycles. The maximum absolute atomic E-state index is 11.4. The third kappa shape index (κ3) is 3.66. The smallest absolute Gasteiger partial charge is 0.231 e. The average molecular weight is 448 g/mol. The van der Waals surface area contributed by atoms with Crippen molar-refractivity contribution in [3.05, 3.63) is 36.7 Å². The number of fused-ring (bicyclic) bond motifs is 2. The summed E-state index contributed by atoms with van der Waals surface area (Å²) in [7, 11) is 0. The molecule has 33 heavy (non-hydrogen) atoms. The molecule has 0 spiro atoms. The zero-order valence-electron chi connectivity index (χ0n) is 18.2. The van der Waals surface area contributed by atoms with Gasteiger partial charge in [-0.2, -0.15) is 0 Å². The van der Waals surface area contributed by atoms with Gasteiger partial charge >= 0.3 is 0 Å². The fourth-order valence-corrected chi connectivity index (χ4v) is 4.44. The summed E-state index contributed by atoms with van der Waals surface area (Å²) in [4.78, 5) is 22.8. The van der Waals surface area contributed by atoms with Crippen LogP contribution in [0.1, 0.15) is 19.8 Å². The van der Waals surface area contributed by atoms with Gasteiger partial charge < -0.3 is 24.1 Å². The third-order valence-corrected chi connectivity index (χ3v) is 6.17. The van der Waals surface area contributed by atoms with E-state index in [4.69, 9.17) is 13.9 Å². The molecule has 0 bridgehead atoms. The van der Waals surface area contributed by atoms with Gasteiger partial charge in [-0.15, -0.1) is 5.10 Å². The van der Waals surface area contributed by atoms with Gasteiger partial charge in [-0.05, 0) is 31.5 Å². The van der Waals surface area contributed by atoms with Gasteiger partial charge in [-0.1, -0.05) is 0 Å². The van der Waals surface area contributed by atoms with E-state index in [0.717, 1.165) is 35.4 Å². The maximum atomic E-state index is 11.4. The molecule has 0 aromatic carbocycles. The molecule has 10 nitrogen and oxygen atoms in total. The molecule has 0 unspecified atom stereocenters. The van der Waals surface area contributed by atoms with Crippen molar-refractivity contribution in [3.8, 4) is 17.3 Å². The van der Waals surface area contributed by atoms with Crippen LogP contribution < -0.4 is 15.0 Å². The highest BCUT2D eigenvalue weighted by atomic mass is 16.5. The topological polar surface area (TPSA) is 107 Å². The molecule has 2 saturated heterocycles. The predicted octanol–water partition coefficient (Wildman–Crippen LogP) is 2.42. The van der Waals surface area contributed by atoms with E-state index in [1.54, 1.807) is 23.0 Å². The first-order valence-electron chi connectivity index (χ1n) is 11.2. The Bertz CT molecular complexity index is 1330. The summed E-state index contributed by atoms with van der Waals surface area (Å²) in [5.41, 5.74) is 2.17. The number of amides is 1. The molecule has 2 aliphatic rings. The number of nitrogens with one attached hydrogen (secondary N) is 1. The third-order valence-electron chi connectivity index (χ3n) is 6.17. The average Bonchev–Trinajstić information content (AvgIpc) is 3.55. The van der Waals surface area contributed by atoms with Crippen molar-refractivity contribution in [2.45, 2.75) is 31.8 Å². The molecule has 0 saturated carbocycles. The van der Waals surface area contributed by atoms with Crippen LogP contribution in [0.15, 0.2) is 41.1 Å². The highest BCUT2D eigenvalue weighted by molar-refractivity contribution is 5.92. The second kappa shape index (κ2) is 8.04. The highest BCUT2D eigenvalue weighted by Crippen LogP contribution is 2.34. The monoisotopic (exact) mass is 448 g/mol. The normalized spacial score (nSPS) is 21.1. The first-order chi connectivity index (χ1) is 16.2. The Morgan fingerprint density at radius 1 is 1.27 bits per heavy atom. The van der Waals surface area contributed by atoms with Gasteiger partial charge in [-0.3, -0.25) is 4.79 Å². The summed E-state index contributed by atoms with van der Waals surface area (Å²) in [5.74, 6) is 2.07. The SMILES string of the molecule is C[C@@H]1COCCN1c1nccc2oc(-c3cnc4ccc(OC[C@@H]5CCC(=O)N5)nn34)cc12. The number of nitrogens with zero attached hydrogens (tertiary/aromatic N) is 5. The molecule has 0 radical (unpaired) electrons. The number of anilines is 1. The zero-order chi connectivity index (χ0) is 22.4. The number of pyridine rings is 1. The van der Waals surface area contributed by atoms with Gasteiger partial charge in [0.15, 0.2) is 11.4 Å². The van der Waals surface area contributed by atoms with E-state index in [9.17, 15) is 4.79 Å². The van der Waals surface area contributed by atoms with Gasteiger partial charge in [0.1, 0.15) is 23.7 Å². The molecule has 6 rings (SSSR count). The lowest BCUT2D eigenvalue weighted by Crippen LogP contribution is -2.44. The number of furan rings is 1. The van der Waals surface area contributed by atoms with Gasteiger partial charge in [-0.25, -0.2) is 14.5 Å². The Hall–Kier alpha value is -3.66. The van der Waals surface area contributed by atoms with Crippen molar-refractivity contribution in [1.29, 1.82) is 0 Å². The lowest BCUT2D eigenvalue weighted by Gasteiger charge is -2.34. The largest absolute Gasteiger partial charge is 0.474 e. The second-order valence-corrected chi connectivity index (χ2v) is 8.47. The zero-order valence-corrected chi connectivity index (χ0v) is 18.2. The minimum Gasteiger partial charge on any atom is -0.474 e. The molecule has 1 amide bonds. The van der Waals surface area contributed by atoms with Crippen LogP contribution in [0.4, 0.5) is 5.82 Å². The number of hydrogen-bond acceptors (Lipinski definition) is 8. The van der Waals surface area contributed by atoms with Crippen molar-refractivity contribution in [1.82, 2.24) is 24.9 Å². The molecular weight excluding hydrogens is 424 g/mol. The van der Waals surface area contributed by atoms with E-state index < -0.39 is 0 Å². The van der Waals surface area contributed by atoms with E-state index in [1.807, 2.05) is 18.2 Å². The summed E-state index contributed by atoms with van der Waals surface area (Å²) in [6.45, 7) is 4.65. The number of ether oxygens (including phenoxy) is 2. The van der Waals surface area contributed by atoms with Gasteiger partial charge in [0.05, 0.1) is 36.9 Å². The minimum absolute atomic E-state index is 0.0149. The standard InChI is InChI=1S/C23H24N6O4/c1-14-12-31-9-8-28(14)23-16-10-19(33-18(16)6-7-24-23)17-11-25-20-3-5-22(27-29(17)20)32-13-15-2-4-21(30)26-15/h3,5-7,10-11,14-15H,2,4,8-9,12-13H2,1H3,(H,26,30)/t14-,15+/m1/s1. The number of imidazole rings is 1. The fourth-order valence-electron chi connectivity index (χ4n) is 4.44. The van der Waals surface area contributed by atoms with Crippen LogP contribution >= 0.6 is 0 Å². The van der Waals surface area contributed by atoms with Crippen molar-refractivity contribution in [2.75, 3.05) is 31.3 Å². The minimum atomic E-state index is 0.0149. The molecule has 4 aromatic rings. The van der Waals surface area contributed by atoms with Crippen LogP contribution in [0.2, 0.25) is 0 Å². The van der Waals surface area contributed by atoms with Crippen LogP contribution in [0.25, 0.3) is 28.1 Å². The Labute approximate surface area is 189 Å². The molecule has 1 N–H and O–H groups in total. The summed E-state index contributed by atoms with van der Waals surface area (Å²) in [6.07, 6.45) is 4.83. The van der Waals surface area contributed by atoms with E-state index in [1.165, 1.54) is 0 Å². The predicted molar refractivity (Wildman–Crippen MR) is 120 cm³/mol. The van der Waals surface area contributed by atoms with Crippen molar-refractivity contribution in [3.63, 3.8) is 0 Å². The fraction of sp³-hybridized carbons (Fsp3) is 0.391. The second-order valence-electron chi connectivity index (χ2n) is 8.47. The first kappa shape index (κ1) is 20.0. The number of carbonyl (C=O) groups excluding carboxylic acids is 1. The highest BCUT2D eigenvalue weighted by Gasteiger charge is 2.24. The number of carbonyl (C=O) groups is 1. The van der Waals surface area contributed by atoms with Crippen molar-refractivity contribution >= 4 is 28.3 Å². The number of aromatic nitrogens is 4. The maximum Gasteiger partial charge on any atom is 0.231 e. The Morgan fingerprint density at radius 2 is 2.21 bits per heavy atom. The molecule has 4 aromatic heterocycles. The molecule has 2 atom stereocenters. The van der Waals surface area contributed by atoms with E-state index in [0.29, 0.717) is 43.5 Å². The van der Waals surface area contributed by atoms with Crippen LogP contribution in [0.5, 0.6) is 5.88 Å². The lowest BCUT2D eigenvalue weighted by atomic mass is 10.2. The van der Waals surface area contributed by atoms with Gasteiger partial charge in [0.2, 0.25) is 11.8 Å². The van der Waals surface area contributed by atoms with Crippen LogP contribution in [0, 0.1) is 0 Å². The Kier molecular flexibility index (Phi) is 4.87. The van der Waals surface area contributed by atoms with Crippen LogP contribution in [-0.4, -0.2) is 63.9 Å². The molecule has 170 valence electrons. The first-order valence-corrected chi connectivity index (χ1v) is 11.2. The molecule has 10 heteroatoms. The van der Waals surface area contributed by atoms with E-state index in [-0.39, 0.29) is 18.0 Å². The summed E-state index contributed by atoms with van der Waals surface area (Å²) in [6, 6.07) is 7.74. The molecular formula is C23H24N6O4. The molecule has 6 heterocycles. The lowest BCUT2D eigenvalue weighted by molar-refractivity contribution is -0.119. The number of rotatable bonds is 5. The van der Waals surface area contributed by atoms with Crippen molar-refractivity contribution < 1.29 is 18.7 Å². The molecule has 2 fully saturated rings. The molecule has 0 aliphatic carbocycles. The summed E-state index contributed by atoms with van der Waals surface area (Å²) >= 11 is 0. The van der Waals surface area contributed by atoms with E-state index in [2.05, 4.69) is 32.2 Å². The van der Waals surface area contributed by atoms with Gasteiger partial charge in [0.25, 0.3) is 0 Å². The number of hydrogen-bond donors (Lipinski definition) is 1. The van der Waals surface area contributed by atoms with Crippen LogP contribution in [0.3, 0.4) is 0 Å². The summed E-state index contributed by atoms with van der Waals surface area (Å²) in [5, 5.41) is 8.45. The van der Waals surface area contributed by atoms with Crippen molar-refractivity contribution in [2.24, 2.45) is 0 Å². The number of morpholine rings is 1. The quantitative estimate of drug-likeness (QED) is 0.496. The summed E-state index contributed by atoms with van der Waals surface area (Å²) < 4.78 is 19.3. The Balaban J connectivity index is 1.32. The van der Waals surface area contributed by atoms with E-state index >= 15 is 0 Å². The van der Waals surface area contributed by atoms with Gasteiger partial charge in [0, 0.05) is 25.2 Å². The van der Waals surface area contributed by atoms with Crippen LogP contribution in [-0.2, 0) is 9.53 Å². The Morgan fingerprint density at radius 3 is 3.06 bits per heavy atom.